The first-order valence-electron chi connectivity index (χ1n) is 8.71. The molecule has 0 N–H and O–H groups in total. The van der Waals surface area contributed by atoms with Crippen molar-refractivity contribution in [3.63, 3.8) is 0 Å². The first kappa shape index (κ1) is 19.3. The topological polar surface area (TPSA) is 78.0 Å². The highest BCUT2D eigenvalue weighted by molar-refractivity contribution is 7.88. The van der Waals surface area contributed by atoms with E-state index in [0.717, 1.165) is 5.56 Å². The van der Waals surface area contributed by atoms with Crippen molar-refractivity contribution >= 4 is 33.2 Å². The molecule has 2 amide bonds. The van der Waals surface area contributed by atoms with Gasteiger partial charge in [-0.05, 0) is 30.9 Å². The van der Waals surface area contributed by atoms with Gasteiger partial charge in [-0.15, -0.1) is 11.3 Å². The van der Waals surface area contributed by atoms with E-state index < -0.39 is 15.4 Å². The number of thiophene rings is 1. The molecule has 1 spiro atoms. The van der Waals surface area contributed by atoms with Gasteiger partial charge >= 0.3 is 0 Å². The average Bonchev–Trinajstić information content (AvgIpc) is 3.05. The Morgan fingerprint density at radius 2 is 2.00 bits per heavy atom. The summed E-state index contributed by atoms with van der Waals surface area (Å²) < 4.78 is 25.8. The van der Waals surface area contributed by atoms with Crippen molar-refractivity contribution < 1.29 is 18.0 Å². The summed E-state index contributed by atoms with van der Waals surface area (Å²) in [7, 11) is -3.40. The Morgan fingerprint density at radius 1 is 1.27 bits per heavy atom. The van der Waals surface area contributed by atoms with Crippen molar-refractivity contribution in [1.82, 2.24) is 14.1 Å². The van der Waals surface area contributed by atoms with Gasteiger partial charge in [-0.1, -0.05) is 0 Å². The Balaban J connectivity index is 1.92. The lowest BCUT2D eigenvalue weighted by Crippen LogP contribution is -2.45. The lowest BCUT2D eigenvalue weighted by molar-refractivity contribution is -0.127. The summed E-state index contributed by atoms with van der Waals surface area (Å²) >= 11 is 1.40. The molecule has 0 aliphatic carbocycles. The van der Waals surface area contributed by atoms with E-state index in [1.807, 2.05) is 25.3 Å². The molecule has 2 aliphatic rings. The molecule has 1 aromatic heterocycles. The normalized spacial score (nSPS) is 25.1. The van der Waals surface area contributed by atoms with Crippen LogP contribution in [0.5, 0.6) is 0 Å². The number of hydrogen-bond acceptors (Lipinski definition) is 5. The van der Waals surface area contributed by atoms with E-state index in [1.165, 1.54) is 21.9 Å². The SMILES string of the molecule is CCN1CC2(CC1=O)CN(C(=O)c1cc(C)cs1)CCN(S(C)(=O)=O)C2. The van der Waals surface area contributed by atoms with Crippen LogP contribution in [0.1, 0.15) is 28.6 Å². The zero-order valence-electron chi connectivity index (χ0n) is 15.4. The Kier molecular flexibility index (Phi) is 5.15. The predicted molar refractivity (Wildman–Crippen MR) is 101 cm³/mol. The maximum Gasteiger partial charge on any atom is 0.263 e. The third kappa shape index (κ3) is 3.79. The summed E-state index contributed by atoms with van der Waals surface area (Å²) in [6, 6.07) is 1.86. The van der Waals surface area contributed by atoms with E-state index in [1.54, 1.807) is 9.80 Å². The zero-order valence-corrected chi connectivity index (χ0v) is 17.0. The molecule has 26 heavy (non-hydrogen) atoms. The fraction of sp³-hybridized carbons (Fsp3) is 0.647. The van der Waals surface area contributed by atoms with E-state index in [4.69, 9.17) is 0 Å². The summed E-state index contributed by atoms with van der Waals surface area (Å²) in [5.41, 5.74) is 0.489. The molecule has 2 saturated heterocycles. The number of rotatable bonds is 3. The van der Waals surface area contributed by atoms with Crippen LogP contribution in [-0.2, 0) is 14.8 Å². The van der Waals surface area contributed by atoms with Gasteiger partial charge in [0.05, 0.1) is 11.1 Å². The number of likely N-dealkylation sites (tertiary alicyclic amines) is 1. The number of carbonyl (C=O) groups excluding carboxylic acids is 2. The summed E-state index contributed by atoms with van der Waals surface area (Å²) in [6.45, 7) is 6.22. The maximum atomic E-state index is 13.0. The molecule has 0 aromatic carbocycles. The van der Waals surface area contributed by atoms with Crippen LogP contribution in [0, 0.1) is 12.3 Å². The number of sulfonamides is 1. The van der Waals surface area contributed by atoms with Crippen LogP contribution in [0.15, 0.2) is 11.4 Å². The van der Waals surface area contributed by atoms with E-state index in [-0.39, 0.29) is 31.3 Å². The fourth-order valence-electron chi connectivity index (χ4n) is 3.86. The second-order valence-corrected chi connectivity index (χ2v) is 10.3. The van der Waals surface area contributed by atoms with Gasteiger partial charge in [0.25, 0.3) is 5.91 Å². The molecule has 3 rings (SSSR count). The van der Waals surface area contributed by atoms with Gasteiger partial charge in [0.15, 0.2) is 0 Å². The van der Waals surface area contributed by atoms with Crippen molar-refractivity contribution in [3.8, 4) is 0 Å². The summed E-state index contributed by atoms with van der Waals surface area (Å²) in [5.74, 6) is -0.0533. The standard InChI is InChI=1S/C17H25N3O4S2/c1-4-18-10-17(8-15(18)21)11-19(5-6-20(12-17)26(3,23)24)16(22)14-7-13(2)9-25-14/h7,9H,4-6,8,10-12H2,1-3H3. The van der Waals surface area contributed by atoms with Crippen molar-refractivity contribution in [3.05, 3.63) is 21.9 Å². The Bertz CT molecular complexity index is 820. The van der Waals surface area contributed by atoms with Gasteiger partial charge in [-0.25, -0.2) is 8.42 Å². The van der Waals surface area contributed by atoms with Crippen LogP contribution in [0.3, 0.4) is 0 Å². The van der Waals surface area contributed by atoms with Crippen LogP contribution in [0.2, 0.25) is 0 Å². The first-order valence-corrected chi connectivity index (χ1v) is 11.4. The highest BCUT2D eigenvalue weighted by Gasteiger charge is 2.48. The van der Waals surface area contributed by atoms with Crippen molar-refractivity contribution in [2.75, 3.05) is 45.5 Å². The molecule has 2 aliphatic heterocycles. The Hall–Kier alpha value is -1.45. The molecule has 9 heteroatoms. The summed E-state index contributed by atoms with van der Waals surface area (Å²) in [6.07, 6.45) is 1.47. The number of hydrogen-bond donors (Lipinski definition) is 0. The van der Waals surface area contributed by atoms with E-state index in [2.05, 4.69) is 0 Å². The molecule has 0 bridgehead atoms. The van der Waals surface area contributed by atoms with Gasteiger partial charge in [0.1, 0.15) is 0 Å². The minimum absolute atomic E-state index is 0.0298. The van der Waals surface area contributed by atoms with Crippen LogP contribution in [-0.4, -0.2) is 79.9 Å². The van der Waals surface area contributed by atoms with Gasteiger partial charge in [-0.2, -0.15) is 4.31 Å². The second kappa shape index (κ2) is 6.94. The van der Waals surface area contributed by atoms with Crippen LogP contribution >= 0.6 is 11.3 Å². The van der Waals surface area contributed by atoms with E-state index >= 15 is 0 Å². The number of carbonyl (C=O) groups is 2. The fourth-order valence-corrected chi connectivity index (χ4v) is 5.64. The minimum atomic E-state index is -3.40. The molecule has 1 atom stereocenters. The van der Waals surface area contributed by atoms with Gasteiger partial charge in [0, 0.05) is 51.1 Å². The molecule has 0 saturated carbocycles. The molecule has 0 radical (unpaired) electrons. The maximum absolute atomic E-state index is 13.0. The quantitative estimate of drug-likeness (QED) is 0.760. The molecule has 1 unspecified atom stereocenters. The van der Waals surface area contributed by atoms with Gasteiger partial charge in [-0.3, -0.25) is 9.59 Å². The summed E-state index contributed by atoms with van der Waals surface area (Å²) in [4.78, 5) is 29.5. The van der Waals surface area contributed by atoms with E-state index in [9.17, 15) is 18.0 Å². The molecular formula is C17H25N3O4S2. The molecule has 2 fully saturated rings. The molecule has 3 heterocycles. The second-order valence-electron chi connectivity index (χ2n) is 7.40. The highest BCUT2D eigenvalue weighted by atomic mass is 32.2. The van der Waals surface area contributed by atoms with Crippen molar-refractivity contribution in [2.45, 2.75) is 20.3 Å². The van der Waals surface area contributed by atoms with Crippen molar-refractivity contribution in [1.29, 1.82) is 0 Å². The monoisotopic (exact) mass is 399 g/mol. The Morgan fingerprint density at radius 3 is 2.54 bits per heavy atom. The smallest absolute Gasteiger partial charge is 0.263 e. The molecule has 1 aromatic rings. The predicted octanol–water partition coefficient (Wildman–Crippen LogP) is 1.01. The van der Waals surface area contributed by atoms with E-state index in [0.29, 0.717) is 31.1 Å². The van der Waals surface area contributed by atoms with Crippen LogP contribution in [0.25, 0.3) is 0 Å². The number of amides is 2. The van der Waals surface area contributed by atoms with Gasteiger partial charge < -0.3 is 9.80 Å². The molecule has 144 valence electrons. The van der Waals surface area contributed by atoms with Crippen molar-refractivity contribution in [2.24, 2.45) is 5.41 Å². The Labute approximate surface area is 158 Å². The minimum Gasteiger partial charge on any atom is -0.342 e. The number of aryl methyl sites for hydroxylation is 1. The highest BCUT2D eigenvalue weighted by Crippen LogP contribution is 2.36. The largest absolute Gasteiger partial charge is 0.342 e. The lowest BCUT2D eigenvalue weighted by atomic mass is 9.86. The van der Waals surface area contributed by atoms with Crippen LogP contribution < -0.4 is 0 Å². The average molecular weight is 400 g/mol. The van der Waals surface area contributed by atoms with Crippen LogP contribution in [0.4, 0.5) is 0 Å². The first-order chi connectivity index (χ1) is 12.1. The molecule has 7 nitrogen and oxygen atoms in total. The third-order valence-electron chi connectivity index (χ3n) is 5.14. The summed E-state index contributed by atoms with van der Waals surface area (Å²) in [5, 5.41) is 1.93. The zero-order chi connectivity index (χ0) is 19.1. The third-order valence-corrected chi connectivity index (χ3v) is 7.43. The number of nitrogens with zero attached hydrogens (tertiary/aromatic N) is 3. The van der Waals surface area contributed by atoms with Gasteiger partial charge in [0.2, 0.25) is 15.9 Å². The molecular weight excluding hydrogens is 374 g/mol. The lowest BCUT2D eigenvalue weighted by Gasteiger charge is -2.33.